The minimum absolute atomic E-state index is 0. The van der Waals surface area contributed by atoms with Gasteiger partial charge in [-0.25, -0.2) is 4.39 Å². The van der Waals surface area contributed by atoms with Crippen LogP contribution in [0.4, 0.5) is 4.39 Å². The topological polar surface area (TPSA) is 55.1 Å². The first-order chi connectivity index (χ1) is 8.56. The van der Waals surface area contributed by atoms with Crippen LogP contribution >= 0.6 is 24.0 Å². The maximum atomic E-state index is 13.2. The predicted octanol–water partition coefficient (Wildman–Crippen LogP) is 2.90. The summed E-state index contributed by atoms with van der Waals surface area (Å²) in [6.45, 7) is 0. The van der Waals surface area contributed by atoms with E-state index in [0.717, 1.165) is 31.7 Å². The normalized spacial score (nSPS) is 22.5. The van der Waals surface area contributed by atoms with E-state index in [1.54, 1.807) is 0 Å². The quantitative estimate of drug-likeness (QED) is 0.882. The van der Waals surface area contributed by atoms with Crippen molar-refractivity contribution in [3.8, 4) is 0 Å². The first kappa shape index (κ1) is 16.2. The van der Waals surface area contributed by atoms with Crippen molar-refractivity contribution in [2.75, 3.05) is 0 Å². The molecule has 6 heteroatoms. The number of halogens is 3. The van der Waals surface area contributed by atoms with Crippen molar-refractivity contribution >= 4 is 29.9 Å². The lowest BCUT2D eigenvalue weighted by molar-refractivity contribution is 0.0925. The molecule has 1 aliphatic carbocycles. The van der Waals surface area contributed by atoms with Gasteiger partial charge >= 0.3 is 0 Å². The molecule has 2 rings (SSSR count). The zero-order valence-electron chi connectivity index (χ0n) is 10.4. The Labute approximate surface area is 123 Å². The van der Waals surface area contributed by atoms with Gasteiger partial charge in [0.1, 0.15) is 5.82 Å². The van der Waals surface area contributed by atoms with Gasteiger partial charge in [0.15, 0.2) is 0 Å². The van der Waals surface area contributed by atoms with Crippen LogP contribution in [-0.2, 0) is 0 Å². The van der Waals surface area contributed by atoms with Gasteiger partial charge in [0.25, 0.3) is 5.91 Å². The molecule has 0 aromatic heterocycles. The fourth-order valence-corrected chi connectivity index (χ4v) is 2.29. The lowest BCUT2D eigenvalue weighted by Crippen LogP contribution is -2.40. The number of nitrogens with two attached hydrogens (primary N) is 1. The summed E-state index contributed by atoms with van der Waals surface area (Å²) in [6, 6.07) is 4.45. The zero-order valence-corrected chi connectivity index (χ0v) is 11.9. The van der Waals surface area contributed by atoms with Crippen molar-refractivity contribution in [3.63, 3.8) is 0 Å². The van der Waals surface area contributed by atoms with E-state index in [1.165, 1.54) is 12.1 Å². The Kier molecular flexibility index (Phi) is 6.04. The summed E-state index contributed by atoms with van der Waals surface area (Å²) >= 11 is 5.57. The van der Waals surface area contributed by atoms with Gasteiger partial charge in [-0.15, -0.1) is 12.4 Å². The third kappa shape index (κ3) is 4.34. The van der Waals surface area contributed by atoms with Gasteiger partial charge in [0.05, 0.1) is 5.02 Å². The van der Waals surface area contributed by atoms with Crippen LogP contribution in [0.25, 0.3) is 0 Å². The first-order valence-electron chi connectivity index (χ1n) is 6.08. The van der Waals surface area contributed by atoms with Crippen molar-refractivity contribution < 1.29 is 9.18 Å². The van der Waals surface area contributed by atoms with Crippen LogP contribution in [0.5, 0.6) is 0 Å². The highest BCUT2D eigenvalue weighted by Crippen LogP contribution is 2.19. The fraction of sp³-hybridized carbons (Fsp3) is 0.462. The van der Waals surface area contributed by atoms with Crippen LogP contribution < -0.4 is 11.1 Å². The van der Waals surface area contributed by atoms with E-state index in [4.69, 9.17) is 17.3 Å². The van der Waals surface area contributed by atoms with E-state index < -0.39 is 5.82 Å². The Balaban J connectivity index is 0.00000180. The highest BCUT2D eigenvalue weighted by molar-refractivity contribution is 6.30. The van der Waals surface area contributed by atoms with Crippen LogP contribution in [0.15, 0.2) is 18.2 Å². The summed E-state index contributed by atoms with van der Waals surface area (Å²) in [6.07, 6.45) is 3.59. The van der Waals surface area contributed by atoms with Gasteiger partial charge in [0.2, 0.25) is 0 Å². The molecule has 0 radical (unpaired) electrons. The van der Waals surface area contributed by atoms with Crippen molar-refractivity contribution in [2.24, 2.45) is 5.73 Å². The average molecular weight is 307 g/mol. The molecule has 1 saturated carbocycles. The number of hydrogen-bond donors (Lipinski definition) is 2. The molecule has 0 heterocycles. The van der Waals surface area contributed by atoms with Crippen LogP contribution in [0.1, 0.15) is 36.0 Å². The maximum absolute atomic E-state index is 13.2. The molecule has 1 fully saturated rings. The molecule has 1 aromatic rings. The lowest BCUT2D eigenvalue weighted by atomic mass is 9.91. The number of amides is 1. The Morgan fingerprint density at radius 3 is 2.53 bits per heavy atom. The lowest BCUT2D eigenvalue weighted by Gasteiger charge is -2.26. The molecule has 0 saturated heterocycles. The van der Waals surface area contributed by atoms with Crippen LogP contribution in [0.3, 0.4) is 0 Å². The molecular formula is C13H17Cl2FN2O. The predicted molar refractivity (Wildman–Crippen MR) is 76.4 cm³/mol. The Morgan fingerprint density at radius 2 is 1.95 bits per heavy atom. The average Bonchev–Trinajstić information content (AvgIpc) is 2.35. The zero-order chi connectivity index (χ0) is 13.1. The Morgan fingerprint density at radius 1 is 1.32 bits per heavy atom. The molecule has 1 aromatic carbocycles. The molecule has 0 spiro atoms. The minimum atomic E-state index is -0.574. The summed E-state index contributed by atoms with van der Waals surface area (Å²) in [5, 5.41) is 2.92. The second-order valence-corrected chi connectivity index (χ2v) is 5.12. The number of rotatable bonds is 2. The van der Waals surface area contributed by atoms with Gasteiger partial charge in [-0.1, -0.05) is 11.6 Å². The second kappa shape index (κ2) is 7.08. The van der Waals surface area contributed by atoms with Crippen molar-refractivity contribution in [2.45, 2.75) is 37.8 Å². The Hall–Kier alpha value is -0.840. The second-order valence-electron chi connectivity index (χ2n) is 4.71. The summed E-state index contributed by atoms with van der Waals surface area (Å²) in [5.41, 5.74) is 6.10. The highest BCUT2D eigenvalue weighted by Gasteiger charge is 2.20. The van der Waals surface area contributed by atoms with E-state index in [1.807, 2.05) is 0 Å². The first-order valence-corrected chi connectivity index (χ1v) is 6.45. The number of nitrogens with one attached hydrogen (secondary N) is 1. The molecule has 0 aliphatic heterocycles. The standard InChI is InChI=1S/C13H16ClFN2O.ClH/c14-11-6-1-8(7-12(11)15)13(18)17-10-4-2-9(16)3-5-10;/h1,6-7,9-10H,2-5,16H2,(H,17,18);1H. The summed E-state index contributed by atoms with van der Waals surface area (Å²) in [4.78, 5) is 11.9. The van der Waals surface area contributed by atoms with Gasteiger partial charge in [0, 0.05) is 17.6 Å². The number of hydrogen-bond acceptors (Lipinski definition) is 2. The third-order valence-electron chi connectivity index (χ3n) is 3.29. The molecular weight excluding hydrogens is 290 g/mol. The highest BCUT2D eigenvalue weighted by atomic mass is 35.5. The fourth-order valence-electron chi connectivity index (χ4n) is 2.17. The molecule has 1 amide bonds. The molecule has 19 heavy (non-hydrogen) atoms. The van der Waals surface area contributed by atoms with Crippen LogP contribution in [0.2, 0.25) is 5.02 Å². The SMILES string of the molecule is Cl.NC1CCC(NC(=O)c2ccc(Cl)c(F)c2)CC1. The molecule has 0 bridgehead atoms. The monoisotopic (exact) mass is 306 g/mol. The van der Waals surface area contributed by atoms with Crippen molar-refractivity contribution in [1.29, 1.82) is 0 Å². The molecule has 3 nitrogen and oxygen atoms in total. The van der Waals surface area contributed by atoms with Crippen LogP contribution in [-0.4, -0.2) is 18.0 Å². The van der Waals surface area contributed by atoms with Crippen LogP contribution in [0, 0.1) is 5.82 Å². The van der Waals surface area contributed by atoms with Crippen molar-refractivity contribution in [1.82, 2.24) is 5.32 Å². The van der Waals surface area contributed by atoms with Gasteiger partial charge in [-0.2, -0.15) is 0 Å². The van der Waals surface area contributed by atoms with E-state index in [0.29, 0.717) is 5.56 Å². The minimum Gasteiger partial charge on any atom is -0.349 e. The molecule has 1 aliphatic rings. The number of benzene rings is 1. The summed E-state index contributed by atoms with van der Waals surface area (Å²) in [5.74, 6) is -0.832. The Bertz CT molecular complexity index is 448. The largest absolute Gasteiger partial charge is 0.349 e. The van der Waals surface area contributed by atoms with Gasteiger partial charge < -0.3 is 11.1 Å². The van der Waals surface area contributed by atoms with E-state index in [9.17, 15) is 9.18 Å². The maximum Gasteiger partial charge on any atom is 0.251 e. The summed E-state index contributed by atoms with van der Waals surface area (Å²) in [7, 11) is 0. The van der Waals surface area contributed by atoms with E-state index >= 15 is 0 Å². The number of carbonyl (C=O) groups is 1. The van der Waals surface area contributed by atoms with Gasteiger partial charge in [-0.3, -0.25) is 4.79 Å². The van der Waals surface area contributed by atoms with E-state index in [-0.39, 0.29) is 35.4 Å². The van der Waals surface area contributed by atoms with E-state index in [2.05, 4.69) is 5.32 Å². The molecule has 3 N–H and O–H groups in total. The van der Waals surface area contributed by atoms with Gasteiger partial charge in [-0.05, 0) is 43.9 Å². The molecule has 0 atom stereocenters. The molecule has 106 valence electrons. The summed E-state index contributed by atoms with van der Waals surface area (Å²) < 4.78 is 13.2. The smallest absolute Gasteiger partial charge is 0.251 e. The number of carbonyl (C=O) groups excluding carboxylic acids is 1. The third-order valence-corrected chi connectivity index (χ3v) is 3.60. The van der Waals surface area contributed by atoms with Crippen molar-refractivity contribution in [3.05, 3.63) is 34.6 Å². The molecule has 0 unspecified atom stereocenters.